The summed E-state index contributed by atoms with van der Waals surface area (Å²) < 4.78 is 5.36. The van der Waals surface area contributed by atoms with Crippen molar-refractivity contribution in [3.05, 3.63) is 0 Å². The summed E-state index contributed by atoms with van der Waals surface area (Å²) in [4.78, 5) is 14.3. The minimum Gasteiger partial charge on any atom is -0.369 e. The van der Waals surface area contributed by atoms with E-state index in [1.54, 1.807) is 7.11 Å². The van der Waals surface area contributed by atoms with Crippen LogP contribution in [0.25, 0.3) is 0 Å². The van der Waals surface area contributed by atoms with E-state index in [-0.39, 0.29) is 11.9 Å². The Morgan fingerprint density at radius 1 is 1.62 bits per heavy atom. The molecule has 1 saturated heterocycles. The minimum absolute atomic E-state index is 0.0981. The Morgan fingerprint density at radius 2 is 2.25 bits per heavy atom. The minimum atomic E-state index is -0.683. The van der Waals surface area contributed by atoms with Gasteiger partial charge in [-0.05, 0) is 39.2 Å². The van der Waals surface area contributed by atoms with E-state index in [1.165, 1.54) is 0 Å². The summed E-state index contributed by atoms with van der Waals surface area (Å²) in [6.07, 6.45) is 1.70. The van der Waals surface area contributed by atoms with Gasteiger partial charge in [0.25, 0.3) is 5.91 Å². The fraction of sp³-hybridized carbons (Fsp3) is 0.917. The maximum Gasteiger partial charge on any atom is 0.254 e. The Hall–Kier alpha value is -0.610. The zero-order valence-electron chi connectivity index (χ0n) is 10.8. The van der Waals surface area contributed by atoms with Crippen LogP contribution >= 0.6 is 0 Å². The molecule has 1 aliphatic rings. The van der Waals surface area contributed by atoms with Gasteiger partial charge in [-0.15, -0.1) is 0 Å². The molecule has 4 nitrogen and oxygen atoms in total. The molecule has 0 aromatic carbocycles. The number of likely N-dealkylation sites (tertiary alicyclic amines) is 1. The van der Waals surface area contributed by atoms with Crippen molar-refractivity contribution in [2.75, 3.05) is 20.2 Å². The second-order valence-corrected chi connectivity index (χ2v) is 4.93. The maximum absolute atomic E-state index is 12.4. The lowest BCUT2D eigenvalue weighted by atomic mass is 10.0. The van der Waals surface area contributed by atoms with Gasteiger partial charge in [0.1, 0.15) is 5.60 Å². The summed E-state index contributed by atoms with van der Waals surface area (Å²) in [5, 5.41) is 0. The van der Waals surface area contributed by atoms with Crippen molar-refractivity contribution in [1.82, 2.24) is 4.90 Å². The molecule has 1 fully saturated rings. The second kappa shape index (κ2) is 5.15. The molecular weight excluding hydrogens is 204 g/mol. The van der Waals surface area contributed by atoms with Crippen LogP contribution in [-0.4, -0.2) is 42.6 Å². The van der Waals surface area contributed by atoms with Gasteiger partial charge in [-0.2, -0.15) is 0 Å². The number of carbonyl (C=O) groups excluding carboxylic acids is 1. The highest BCUT2D eigenvalue weighted by Crippen LogP contribution is 2.27. The lowest BCUT2D eigenvalue weighted by Gasteiger charge is -2.32. The van der Waals surface area contributed by atoms with E-state index in [2.05, 4.69) is 6.92 Å². The van der Waals surface area contributed by atoms with Gasteiger partial charge < -0.3 is 15.4 Å². The van der Waals surface area contributed by atoms with E-state index in [0.29, 0.717) is 18.9 Å². The Labute approximate surface area is 98.1 Å². The third-order valence-corrected chi connectivity index (χ3v) is 3.83. The zero-order chi connectivity index (χ0) is 12.3. The van der Waals surface area contributed by atoms with E-state index < -0.39 is 5.60 Å². The molecule has 0 spiro atoms. The summed E-state index contributed by atoms with van der Waals surface area (Å²) in [5.74, 6) is 0.540. The molecule has 3 unspecified atom stereocenters. The molecule has 16 heavy (non-hydrogen) atoms. The number of ether oxygens (including phenoxy) is 1. The lowest BCUT2D eigenvalue weighted by molar-refractivity contribution is -0.154. The number of nitrogens with zero attached hydrogens (tertiary/aromatic N) is 1. The van der Waals surface area contributed by atoms with Gasteiger partial charge in [-0.25, -0.2) is 0 Å². The molecule has 1 rings (SSSR count). The van der Waals surface area contributed by atoms with Crippen molar-refractivity contribution in [1.29, 1.82) is 0 Å². The third-order valence-electron chi connectivity index (χ3n) is 3.83. The molecule has 1 aliphatic heterocycles. The van der Waals surface area contributed by atoms with E-state index in [1.807, 2.05) is 18.7 Å². The molecule has 1 heterocycles. The quantitative estimate of drug-likeness (QED) is 0.781. The average Bonchev–Trinajstić information content (AvgIpc) is 2.68. The molecule has 0 aromatic rings. The highest BCUT2D eigenvalue weighted by molar-refractivity contribution is 5.85. The number of nitrogens with two attached hydrogens (primary N) is 1. The largest absolute Gasteiger partial charge is 0.369 e. The Kier molecular flexibility index (Phi) is 4.33. The average molecular weight is 228 g/mol. The predicted molar refractivity (Wildman–Crippen MR) is 64.0 cm³/mol. The van der Waals surface area contributed by atoms with Crippen LogP contribution in [0.2, 0.25) is 0 Å². The van der Waals surface area contributed by atoms with Gasteiger partial charge in [0.05, 0.1) is 0 Å². The van der Waals surface area contributed by atoms with Gasteiger partial charge >= 0.3 is 0 Å². The highest BCUT2D eigenvalue weighted by atomic mass is 16.5. The SMILES string of the molecule is CCC(C)(OC)C(=O)N1CC(CN)CC1C. The van der Waals surface area contributed by atoms with Crippen LogP contribution in [0.5, 0.6) is 0 Å². The summed E-state index contributed by atoms with van der Waals surface area (Å²) in [6, 6.07) is 0.280. The fourth-order valence-corrected chi connectivity index (χ4v) is 2.28. The number of amides is 1. The van der Waals surface area contributed by atoms with E-state index in [9.17, 15) is 4.79 Å². The molecule has 2 N–H and O–H groups in total. The number of hydrogen-bond acceptors (Lipinski definition) is 3. The van der Waals surface area contributed by atoms with Crippen molar-refractivity contribution in [2.24, 2.45) is 11.7 Å². The Morgan fingerprint density at radius 3 is 2.62 bits per heavy atom. The number of rotatable bonds is 4. The van der Waals surface area contributed by atoms with E-state index in [0.717, 1.165) is 13.0 Å². The van der Waals surface area contributed by atoms with Gasteiger partial charge in [-0.1, -0.05) is 6.92 Å². The van der Waals surface area contributed by atoms with Crippen molar-refractivity contribution >= 4 is 5.91 Å². The van der Waals surface area contributed by atoms with Gasteiger partial charge in [-0.3, -0.25) is 4.79 Å². The number of carbonyl (C=O) groups is 1. The summed E-state index contributed by atoms with van der Waals surface area (Å²) >= 11 is 0. The van der Waals surface area contributed by atoms with Gasteiger partial charge in [0, 0.05) is 19.7 Å². The molecule has 0 radical (unpaired) electrons. The molecule has 1 amide bonds. The molecular formula is C12H24N2O2. The third kappa shape index (κ3) is 2.38. The van der Waals surface area contributed by atoms with Crippen LogP contribution in [0, 0.1) is 5.92 Å². The highest BCUT2D eigenvalue weighted by Gasteiger charge is 2.40. The van der Waals surface area contributed by atoms with Crippen LogP contribution in [0.1, 0.15) is 33.6 Å². The summed E-state index contributed by atoms with van der Waals surface area (Å²) in [7, 11) is 1.60. The zero-order valence-corrected chi connectivity index (χ0v) is 10.8. The molecule has 3 atom stereocenters. The molecule has 0 aromatic heterocycles. The van der Waals surface area contributed by atoms with Crippen molar-refractivity contribution in [3.63, 3.8) is 0 Å². The topological polar surface area (TPSA) is 55.6 Å². The predicted octanol–water partition coefficient (Wildman–Crippen LogP) is 0.997. The van der Waals surface area contributed by atoms with E-state index >= 15 is 0 Å². The molecule has 0 bridgehead atoms. The molecule has 0 aliphatic carbocycles. The van der Waals surface area contributed by atoms with E-state index in [4.69, 9.17) is 10.5 Å². The number of methoxy groups -OCH3 is 1. The normalized spacial score (nSPS) is 29.2. The van der Waals surface area contributed by atoms with Crippen LogP contribution < -0.4 is 5.73 Å². The van der Waals surface area contributed by atoms with Crippen LogP contribution in [0.4, 0.5) is 0 Å². The maximum atomic E-state index is 12.4. The van der Waals surface area contributed by atoms with Crippen molar-refractivity contribution in [2.45, 2.75) is 45.3 Å². The number of hydrogen-bond donors (Lipinski definition) is 1. The van der Waals surface area contributed by atoms with Gasteiger partial charge in [0.2, 0.25) is 0 Å². The van der Waals surface area contributed by atoms with Crippen LogP contribution in [0.15, 0.2) is 0 Å². The second-order valence-electron chi connectivity index (χ2n) is 4.93. The first-order valence-electron chi connectivity index (χ1n) is 6.04. The smallest absolute Gasteiger partial charge is 0.254 e. The summed E-state index contributed by atoms with van der Waals surface area (Å²) in [6.45, 7) is 7.35. The van der Waals surface area contributed by atoms with Crippen molar-refractivity contribution < 1.29 is 9.53 Å². The summed E-state index contributed by atoms with van der Waals surface area (Å²) in [5.41, 5.74) is 4.98. The van der Waals surface area contributed by atoms with Crippen LogP contribution in [0.3, 0.4) is 0 Å². The van der Waals surface area contributed by atoms with Crippen molar-refractivity contribution in [3.8, 4) is 0 Å². The first kappa shape index (κ1) is 13.5. The first-order chi connectivity index (χ1) is 7.48. The molecule has 0 saturated carbocycles. The molecule has 4 heteroatoms. The van der Waals surface area contributed by atoms with Crippen LogP contribution in [-0.2, 0) is 9.53 Å². The lowest BCUT2D eigenvalue weighted by Crippen LogP contribution is -2.49. The fourth-order valence-electron chi connectivity index (χ4n) is 2.28. The molecule has 94 valence electrons. The van der Waals surface area contributed by atoms with Gasteiger partial charge in [0.15, 0.2) is 0 Å². The monoisotopic (exact) mass is 228 g/mol. The Bertz CT molecular complexity index is 251. The first-order valence-corrected chi connectivity index (χ1v) is 6.04. The standard InChI is InChI=1S/C12H24N2O2/c1-5-12(3,16-4)11(15)14-8-10(7-13)6-9(14)2/h9-10H,5-8,13H2,1-4H3. The Balaban J connectivity index is 2.74.